The fourth-order valence-corrected chi connectivity index (χ4v) is 8.05. The lowest BCUT2D eigenvalue weighted by atomic mass is 10.0. The first-order chi connectivity index (χ1) is 19.0. The van der Waals surface area contributed by atoms with Crippen LogP contribution in [0.5, 0.6) is 11.5 Å². The van der Waals surface area contributed by atoms with Crippen molar-refractivity contribution in [1.29, 1.82) is 0 Å². The third-order valence-electron chi connectivity index (χ3n) is 7.05. The molecule has 1 saturated heterocycles. The Labute approximate surface area is 236 Å². The fourth-order valence-electron chi connectivity index (χ4n) is 4.98. The van der Waals surface area contributed by atoms with Gasteiger partial charge in [0.05, 0.1) is 41.4 Å². The van der Waals surface area contributed by atoms with Crippen molar-refractivity contribution in [2.24, 2.45) is 5.10 Å². The average Bonchev–Trinajstić information content (AvgIpc) is 3.78. The van der Waals surface area contributed by atoms with Gasteiger partial charge in [-0.3, -0.25) is 0 Å². The average molecular weight is 581 g/mol. The van der Waals surface area contributed by atoms with Crippen molar-refractivity contribution in [1.82, 2.24) is 9.29 Å². The van der Waals surface area contributed by atoms with Gasteiger partial charge in [-0.2, -0.15) is 9.41 Å². The Morgan fingerprint density at radius 3 is 2.41 bits per heavy atom. The van der Waals surface area contributed by atoms with Crippen molar-refractivity contribution >= 4 is 43.5 Å². The van der Waals surface area contributed by atoms with E-state index < -0.39 is 10.0 Å². The number of sulfonamides is 1. The summed E-state index contributed by atoms with van der Waals surface area (Å²) in [6.07, 6.45) is 2.56. The first kappa shape index (κ1) is 26.0. The zero-order chi connectivity index (χ0) is 27.0. The summed E-state index contributed by atoms with van der Waals surface area (Å²) >= 11 is 3.19. The van der Waals surface area contributed by atoms with Gasteiger partial charge in [-0.1, -0.05) is 24.3 Å². The highest BCUT2D eigenvalue weighted by atomic mass is 32.2. The molecule has 8 nitrogen and oxygen atoms in total. The normalized spacial score (nSPS) is 17.9. The molecule has 2 aromatic carbocycles. The van der Waals surface area contributed by atoms with Gasteiger partial charge in [-0.15, -0.1) is 22.7 Å². The number of rotatable bonds is 8. The van der Waals surface area contributed by atoms with Gasteiger partial charge in [-0.05, 0) is 54.1 Å². The van der Waals surface area contributed by atoms with E-state index in [1.165, 1.54) is 11.3 Å². The summed E-state index contributed by atoms with van der Waals surface area (Å²) in [5.74, 6) is 1.35. The van der Waals surface area contributed by atoms with Crippen LogP contribution in [0.4, 0.5) is 5.13 Å². The van der Waals surface area contributed by atoms with E-state index in [4.69, 9.17) is 19.6 Å². The molecular formula is C28H28N4O4S3. The number of hydrogen-bond donors (Lipinski definition) is 0. The van der Waals surface area contributed by atoms with Gasteiger partial charge in [-0.25, -0.2) is 18.4 Å². The van der Waals surface area contributed by atoms with Crippen molar-refractivity contribution in [3.8, 4) is 22.8 Å². The van der Waals surface area contributed by atoms with Crippen LogP contribution in [0.3, 0.4) is 0 Å². The van der Waals surface area contributed by atoms with Gasteiger partial charge in [0.15, 0.2) is 11.5 Å². The maximum Gasteiger partial charge on any atom is 0.243 e. The monoisotopic (exact) mass is 580 g/mol. The molecule has 0 radical (unpaired) electrons. The maximum absolute atomic E-state index is 12.9. The number of aromatic nitrogens is 1. The lowest BCUT2D eigenvalue weighted by Gasteiger charge is -2.22. The summed E-state index contributed by atoms with van der Waals surface area (Å²) in [5, 5.41) is 11.8. The number of ether oxygens (including phenoxy) is 2. The molecule has 1 atom stereocenters. The second kappa shape index (κ2) is 10.7. The third-order valence-corrected chi connectivity index (χ3v) is 10.7. The van der Waals surface area contributed by atoms with Gasteiger partial charge < -0.3 is 9.47 Å². The molecule has 202 valence electrons. The molecule has 2 aromatic heterocycles. The smallest absolute Gasteiger partial charge is 0.243 e. The van der Waals surface area contributed by atoms with Gasteiger partial charge >= 0.3 is 0 Å². The highest BCUT2D eigenvalue weighted by molar-refractivity contribution is 7.89. The summed E-state index contributed by atoms with van der Waals surface area (Å²) in [5.41, 5.74) is 3.71. The third kappa shape index (κ3) is 4.95. The van der Waals surface area contributed by atoms with Crippen LogP contribution in [0.1, 0.15) is 35.7 Å². The zero-order valence-corrected chi connectivity index (χ0v) is 24.1. The standard InChI is InChI=1S/C28H28N4O4S3/c1-35-25-12-9-20(16-26(25)36-2)24-17-22(27-6-5-15-37-27)30-32(24)28-29-23(18-38-28)19-7-10-21(11-8-19)39(33,34)31-13-3-4-14-31/h5-12,15-16,18,24H,3-4,13-14,17H2,1-2H3/t24-/m0/s1. The fraction of sp³-hybridized carbons (Fsp3) is 0.286. The Morgan fingerprint density at radius 2 is 1.72 bits per heavy atom. The van der Waals surface area contributed by atoms with Crippen molar-refractivity contribution < 1.29 is 17.9 Å². The molecular weight excluding hydrogens is 553 g/mol. The molecule has 0 spiro atoms. The maximum atomic E-state index is 12.9. The molecule has 1 fully saturated rings. The minimum absolute atomic E-state index is 0.0612. The number of nitrogens with zero attached hydrogens (tertiary/aromatic N) is 4. The van der Waals surface area contributed by atoms with E-state index in [2.05, 4.69) is 11.4 Å². The molecule has 0 N–H and O–H groups in total. The zero-order valence-electron chi connectivity index (χ0n) is 21.6. The first-order valence-electron chi connectivity index (χ1n) is 12.7. The molecule has 6 rings (SSSR count). The lowest BCUT2D eigenvalue weighted by molar-refractivity contribution is 0.354. The Bertz CT molecular complexity index is 1590. The van der Waals surface area contributed by atoms with Crippen LogP contribution in [-0.4, -0.2) is 50.7 Å². The molecule has 0 saturated carbocycles. The van der Waals surface area contributed by atoms with Crippen LogP contribution >= 0.6 is 22.7 Å². The molecule has 11 heteroatoms. The Hall–Kier alpha value is -3.25. The van der Waals surface area contributed by atoms with E-state index in [-0.39, 0.29) is 6.04 Å². The minimum Gasteiger partial charge on any atom is -0.493 e. The van der Waals surface area contributed by atoms with E-state index >= 15 is 0 Å². The Balaban J connectivity index is 1.31. The quantitative estimate of drug-likeness (QED) is 0.253. The Morgan fingerprint density at radius 1 is 0.949 bits per heavy atom. The lowest BCUT2D eigenvalue weighted by Crippen LogP contribution is -2.27. The number of thiazole rings is 1. The number of hydrazone groups is 1. The highest BCUT2D eigenvalue weighted by Gasteiger charge is 2.33. The molecule has 39 heavy (non-hydrogen) atoms. The van der Waals surface area contributed by atoms with Crippen LogP contribution in [0.25, 0.3) is 11.3 Å². The first-order valence-corrected chi connectivity index (χ1v) is 15.9. The van der Waals surface area contributed by atoms with Crippen LogP contribution in [0.2, 0.25) is 0 Å². The van der Waals surface area contributed by atoms with Crippen molar-refractivity contribution in [3.05, 3.63) is 75.8 Å². The predicted octanol–water partition coefficient (Wildman–Crippen LogP) is 6.03. The molecule has 4 heterocycles. The largest absolute Gasteiger partial charge is 0.493 e. The summed E-state index contributed by atoms with van der Waals surface area (Å²) < 4.78 is 38.4. The number of thiophene rings is 1. The van der Waals surface area contributed by atoms with Crippen molar-refractivity contribution in [2.75, 3.05) is 32.3 Å². The van der Waals surface area contributed by atoms with Crippen LogP contribution < -0.4 is 14.5 Å². The second-order valence-electron chi connectivity index (χ2n) is 9.35. The predicted molar refractivity (Wildman–Crippen MR) is 156 cm³/mol. The molecule has 0 amide bonds. The van der Waals surface area contributed by atoms with Gasteiger partial charge in [0.2, 0.25) is 15.2 Å². The van der Waals surface area contributed by atoms with Crippen LogP contribution in [-0.2, 0) is 10.0 Å². The molecule has 0 aliphatic carbocycles. The van der Waals surface area contributed by atoms with E-state index in [9.17, 15) is 8.42 Å². The molecule has 4 aromatic rings. The minimum atomic E-state index is -3.45. The van der Waals surface area contributed by atoms with E-state index in [1.54, 1.807) is 42.0 Å². The summed E-state index contributed by atoms with van der Waals surface area (Å²) in [4.78, 5) is 6.38. The van der Waals surface area contributed by atoms with Gasteiger partial charge in [0, 0.05) is 30.5 Å². The molecule has 0 unspecified atom stereocenters. The highest BCUT2D eigenvalue weighted by Crippen LogP contribution is 2.42. The van der Waals surface area contributed by atoms with E-state index in [1.807, 2.05) is 46.8 Å². The van der Waals surface area contributed by atoms with Gasteiger partial charge in [0.1, 0.15) is 0 Å². The van der Waals surface area contributed by atoms with E-state index in [0.717, 1.165) is 51.8 Å². The summed E-state index contributed by atoms with van der Waals surface area (Å²) in [7, 11) is -0.188. The number of hydrogen-bond acceptors (Lipinski definition) is 9. The topological polar surface area (TPSA) is 84.3 Å². The molecule has 2 aliphatic heterocycles. The second-order valence-corrected chi connectivity index (χ2v) is 13.1. The molecule has 2 aliphatic rings. The SMILES string of the molecule is COc1ccc([C@@H]2CC(c3cccs3)=NN2c2nc(-c3ccc(S(=O)(=O)N4CCCC4)cc3)cs2)cc1OC. The molecule has 0 bridgehead atoms. The van der Waals surface area contributed by atoms with Crippen molar-refractivity contribution in [3.63, 3.8) is 0 Å². The summed E-state index contributed by atoms with van der Waals surface area (Å²) in [6.45, 7) is 1.18. The van der Waals surface area contributed by atoms with Crippen LogP contribution in [0, 0.1) is 0 Å². The summed E-state index contributed by atoms with van der Waals surface area (Å²) in [6, 6.07) is 17.0. The van der Waals surface area contributed by atoms with E-state index in [0.29, 0.717) is 29.5 Å². The Kier molecular flexibility index (Phi) is 7.15. The number of benzene rings is 2. The number of methoxy groups -OCH3 is 2. The number of anilines is 1. The van der Waals surface area contributed by atoms with Crippen LogP contribution in [0.15, 0.2) is 75.4 Å². The van der Waals surface area contributed by atoms with Crippen molar-refractivity contribution in [2.45, 2.75) is 30.2 Å². The van der Waals surface area contributed by atoms with Gasteiger partial charge in [0.25, 0.3) is 0 Å².